The van der Waals surface area contributed by atoms with Crippen LogP contribution in [-0.2, 0) is 4.79 Å². The lowest BCUT2D eigenvalue weighted by atomic mass is 10.2. The number of rotatable bonds is 7. The number of hydrogen-bond donors (Lipinski definition) is 2. The molecule has 0 bridgehead atoms. The van der Waals surface area contributed by atoms with Crippen LogP contribution in [0, 0.1) is 10.1 Å². The molecule has 0 aliphatic carbocycles. The fraction of sp³-hybridized carbons (Fsp3) is 0.176. The van der Waals surface area contributed by atoms with Gasteiger partial charge in [0.05, 0.1) is 24.2 Å². The number of nitro groups is 1. The van der Waals surface area contributed by atoms with Crippen LogP contribution < -0.4 is 25.1 Å². The van der Waals surface area contributed by atoms with Crippen LogP contribution in [0.15, 0.2) is 36.4 Å². The van der Waals surface area contributed by atoms with Crippen molar-refractivity contribution >= 4 is 29.1 Å². The molecule has 28 heavy (non-hydrogen) atoms. The van der Waals surface area contributed by atoms with Crippen LogP contribution in [0.3, 0.4) is 0 Å². The maximum Gasteiger partial charge on any atom is 0.310 e. The van der Waals surface area contributed by atoms with Crippen molar-refractivity contribution in [3.63, 3.8) is 0 Å². The summed E-state index contributed by atoms with van der Waals surface area (Å²) in [4.78, 5) is 34.3. The van der Waals surface area contributed by atoms with Gasteiger partial charge in [0.25, 0.3) is 11.8 Å². The number of amides is 2. The van der Waals surface area contributed by atoms with Gasteiger partial charge in [0, 0.05) is 11.6 Å². The van der Waals surface area contributed by atoms with Crippen molar-refractivity contribution in [2.45, 2.75) is 0 Å². The number of methoxy groups -OCH3 is 2. The quantitative estimate of drug-likeness (QED) is 0.529. The van der Waals surface area contributed by atoms with E-state index in [2.05, 4.69) is 10.9 Å². The summed E-state index contributed by atoms with van der Waals surface area (Å²) in [5, 5.41) is 11.1. The highest BCUT2D eigenvalue weighted by molar-refractivity contribution is 6.32. The van der Waals surface area contributed by atoms with E-state index in [-0.39, 0.29) is 33.5 Å². The highest BCUT2D eigenvalue weighted by atomic mass is 35.5. The van der Waals surface area contributed by atoms with Gasteiger partial charge in [-0.25, -0.2) is 0 Å². The number of nitrogens with one attached hydrogen (secondary N) is 2. The average Bonchev–Trinajstić information content (AvgIpc) is 2.69. The summed E-state index contributed by atoms with van der Waals surface area (Å²) in [5.41, 5.74) is 4.15. The highest BCUT2D eigenvalue weighted by Crippen LogP contribution is 2.35. The van der Waals surface area contributed by atoms with Crippen molar-refractivity contribution in [1.82, 2.24) is 10.9 Å². The van der Waals surface area contributed by atoms with Crippen LogP contribution in [0.5, 0.6) is 17.2 Å². The second kappa shape index (κ2) is 9.42. The largest absolute Gasteiger partial charge is 0.493 e. The third-order valence-corrected chi connectivity index (χ3v) is 3.71. The monoisotopic (exact) mass is 409 g/mol. The molecule has 11 heteroatoms. The summed E-state index contributed by atoms with van der Waals surface area (Å²) in [6.45, 7) is -0.544. The minimum Gasteiger partial charge on any atom is -0.493 e. The molecule has 148 valence electrons. The first-order chi connectivity index (χ1) is 13.4. The molecule has 10 nitrogen and oxygen atoms in total. The number of halogens is 1. The molecular formula is C17H16ClN3O7. The molecular weight excluding hydrogens is 394 g/mol. The lowest BCUT2D eigenvalue weighted by molar-refractivity contribution is -0.385. The smallest absolute Gasteiger partial charge is 0.310 e. The van der Waals surface area contributed by atoms with Gasteiger partial charge in [-0.1, -0.05) is 23.7 Å². The van der Waals surface area contributed by atoms with Crippen molar-refractivity contribution in [3.05, 3.63) is 57.1 Å². The van der Waals surface area contributed by atoms with E-state index >= 15 is 0 Å². The first kappa shape index (κ1) is 20.8. The Kier molecular flexibility index (Phi) is 6.99. The normalized spacial score (nSPS) is 9.96. The van der Waals surface area contributed by atoms with Gasteiger partial charge in [-0.2, -0.15) is 0 Å². The second-order valence-corrected chi connectivity index (χ2v) is 5.62. The average molecular weight is 410 g/mol. The highest BCUT2D eigenvalue weighted by Gasteiger charge is 2.17. The van der Waals surface area contributed by atoms with Gasteiger partial charge in [0.1, 0.15) is 0 Å². The lowest BCUT2D eigenvalue weighted by Crippen LogP contribution is -2.43. The number of hydrogen-bond acceptors (Lipinski definition) is 7. The van der Waals surface area contributed by atoms with E-state index in [1.165, 1.54) is 50.6 Å². The van der Waals surface area contributed by atoms with Crippen LogP contribution in [-0.4, -0.2) is 37.6 Å². The van der Waals surface area contributed by atoms with E-state index in [0.717, 1.165) is 0 Å². The summed E-state index contributed by atoms with van der Waals surface area (Å²) in [6, 6.07) is 8.33. The Balaban J connectivity index is 1.95. The summed E-state index contributed by atoms with van der Waals surface area (Å²) < 4.78 is 15.3. The van der Waals surface area contributed by atoms with Gasteiger partial charge in [-0.05, 0) is 18.2 Å². The Morgan fingerprint density at radius 1 is 1.11 bits per heavy atom. The number of para-hydroxylation sites is 2. The molecule has 2 aromatic rings. The predicted molar refractivity (Wildman–Crippen MR) is 98.8 cm³/mol. The first-order valence-electron chi connectivity index (χ1n) is 7.74. The van der Waals surface area contributed by atoms with Gasteiger partial charge in [0.2, 0.25) is 0 Å². The summed E-state index contributed by atoms with van der Waals surface area (Å²) >= 11 is 6.03. The van der Waals surface area contributed by atoms with Gasteiger partial charge < -0.3 is 14.2 Å². The third-order valence-electron chi connectivity index (χ3n) is 3.43. The molecule has 0 unspecified atom stereocenters. The molecule has 0 aliphatic heterocycles. The molecule has 2 amide bonds. The standard InChI is InChI=1S/C17H16ClN3O7/c1-26-14-8-10(7-11(18)16(14)27-2)17(23)20-19-15(22)9-28-13-6-4-3-5-12(13)21(24)25/h3-8H,9H2,1-2H3,(H,19,22)(H,20,23). The summed E-state index contributed by atoms with van der Waals surface area (Å²) in [5.74, 6) is -0.950. The SMILES string of the molecule is COc1cc(C(=O)NNC(=O)COc2ccccc2[N+](=O)[O-])cc(Cl)c1OC. The fourth-order valence-electron chi connectivity index (χ4n) is 2.16. The van der Waals surface area contributed by atoms with Gasteiger partial charge in [-0.15, -0.1) is 0 Å². The number of benzene rings is 2. The zero-order valence-electron chi connectivity index (χ0n) is 14.9. The molecule has 0 spiro atoms. The number of ether oxygens (including phenoxy) is 3. The molecule has 0 heterocycles. The maximum absolute atomic E-state index is 12.2. The molecule has 0 fully saturated rings. The topological polar surface area (TPSA) is 129 Å². The molecule has 0 saturated carbocycles. The summed E-state index contributed by atoms with van der Waals surface area (Å²) in [7, 11) is 2.79. The number of nitrogens with zero attached hydrogens (tertiary/aromatic N) is 1. The van der Waals surface area contributed by atoms with E-state index in [1.54, 1.807) is 0 Å². The van der Waals surface area contributed by atoms with Crippen molar-refractivity contribution in [2.75, 3.05) is 20.8 Å². The molecule has 0 aromatic heterocycles. The van der Waals surface area contributed by atoms with Crippen molar-refractivity contribution < 1.29 is 28.7 Å². The molecule has 2 rings (SSSR count). The van der Waals surface area contributed by atoms with E-state index < -0.39 is 23.3 Å². The maximum atomic E-state index is 12.2. The molecule has 0 saturated heterocycles. The Morgan fingerprint density at radius 3 is 2.46 bits per heavy atom. The molecule has 2 N–H and O–H groups in total. The number of carbonyl (C=O) groups excluding carboxylic acids is 2. The van der Waals surface area contributed by atoms with Crippen LogP contribution in [0.4, 0.5) is 5.69 Å². The molecule has 0 radical (unpaired) electrons. The van der Waals surface area contributed by atoms with E-state index in [0.29, 0.717) is 0 Å². The van der Waals surface area contributed by atoms with E-state index in [9.17, 15) is 19.7 Å². The second-order valence-electron chi connectivity index (χ2n) is 5.21. The van der Waals surface area contributed by atoms with Crippen LogP contribution in [0.1, 0.15) is 10.4 Å². The van der Waals surface area contributed by atoms with Crippen LogP contribution in [0.2, 0.25) is 5.02 Å². The third kappa shape index (κ3) is 5.01. The van der Waals surface area contributed by atoms with Gasteiger partial charge in [-0.3, -0.25) is 30.6 Å². The van der Waals surface area contributed by atoms with E-state index in [1.807, 2.05) is 0 Å². The number of carbonyl (C=O) groups is 2. The van der Waals surface area contributed by atoms with E-state index in [4.69, 9.17) is 25.8 Å². The minimum absolute atomic E-state index is 0.0688. The van der Waals surface area contributed by atoms with Crippen molar-refractivity contribution in [2.24, 2.45) is 0 Å². The van der Waals surface area contributed by atoms with Crippen LogP contribution >= 0.6 is 11.6 Å². The predicted octanol–water partition coefficient (Wildman–Crippen LogP) is 2.11. The molecule has 0 aliphatic rings. The van der Waals surface area contributed by atoms with Gasteiger partial charge >= 0.3 is 5.69 Å². The fourth-order valence-corrected chi connectivity index (χ4v) is 2.44. The summed E-state index contributed by atoms with van der Waals surface area (Å²) in [6.07, 6.45) is 0. The Morgan fingerprint density at radius 2 is 1.82 bits per heavy atom. The van der Waals surface area contributed by atoms with Crippen molar-refractivity contribution in [1.29, 1.82) is 0 Å². The first-order valence-corrected chi connectivity index (χ1v) is 8.12. The Bertz CT molecular complexity index is 904. The van der Waals surface area contributed by atoms with Crippen LogP contribution in [0.25, 0.3) is 0 Å². The molecule has 0 atom stereocenters. The zero-order chi connectivity index (χ0) is 20.7. The number of hydrazine groups is 1. The Hall–Kier alpha value is -3.53. The van der Waals surface area contributed by atoms with Crippen molar-refractivity contribution in [3.8, 4) is 17.2 Å². The zero-order valence-corrected chi connectivity index (χ0v) is 15.6. The van der Waals surface area contributed by atoms with Gasteiger partial charge in [0.15, 0.2) is 23.9 Å². The lowest BCUT2D eigenvalue weighted by Gasteiger charge is -2.12. The Labute approximate surface area is 164 Å². The number of nitro benzene ring substituents is 1. The molecule has 2 aromatic carbocycles. The minimum atomic E-state index is -0.724.